The molecule has 0 bridgehead atoms. The maximum atomic E-state index is 13.0. The summed E-state index contributed by atoms with van der Waals surface area (Å²) in [5.74, 6) is 0.388. The Bertz CT molecular complexity index is 1100. The van der Waals surface area contributed by atoms with Crippen LogP contribution in [0.3, 0.4) is 0 Å². The Morgan fingerprint density at radius 3 is 2.31 bits per heavy atom. The van der Waals surface area contributed by atoms with Gasteiger partial charge in [0.1, 0.15) is 5.65 Å². The summed E-state index contributed by atoms with van der Waals surface area (Å²) in [4.78, 5) is 7.32. The molecule has 1 aromatic carbocycles. The summed E-state index contributed by atoms with van der Waals surface area (Å²) in [6.45, 7) is 9.42. The molecule has 7 heteroatoms. The van der Waals surface area contributed by atoms with E-state index in [9.17, 15) is 8.42 Å². The molecule has 2 aromatic heterocycles. The van der Waals surface area contributed by atoms with E-state index in [1.807, 2.05) is 22.6 Å². The van der Waals surface area contributed by atoms with Crippen molar-refractivity contribution in [1.82, 2.24) is 18.6 Å². The van der Waals surface area contributed by atoms with Gasteiger partial charge >= 0.3 is 0 Å². The van der Waals surface area contributed by atoms with E-state index in [1.54, 1.807) is 16.4 Å². The van der Waals surface area contributed by atoms with Crippen LogP contribution >= 0.6 is 0 Å². The first-order valence-electron chi connectivity index (χ1n) is 10.1. The third-order valence-corrected chi connectivity index (χ3v) is 7.46. The number of sulfonamides is 1. The number of nitrogens with zero attached hydrogens (tertiary/aromatic N) is 4. The maximum absolute atomic E-state index is 13.0. The largest absolute Gasteiger partial charge is 0.307 e. The molecule has 0 atom stereocenters. The van der Waals surface area contributed by atoms with Crippen LogP contribution in [0.4, 0.5) is 0 Å². The zero-order valence-corrected chi connectivity index (χ0v) is 18.1. The van der Waals surface area contributed by atoms with Gasteiger partial charge in [-0.2, -0.15) is 4.31 Å². The van der Waals surface area contributed by atoms with Crippen molar-refractivity contribution in [1.29, 1.82) is 0 Å². The van der Waals surface area contributed by atoms with Gasteiger partial charge in [-0.1, -0.05) is 32.0 Å². The third-order valence-electron chi connectivity index (χ3n) is 5.55. The molecule has 29 heavy (non-hydrogen) atoms. The number of rotatable bonds is 5. The molecule has 0 amide bonds. The molecule has 0 saturated carbocycles. The zero-order valence-electron chi connectivity index (χ0n) is 17.2. The van der Waals surface area contributed by atoms with Gasteiger partial charge < -0.3 is 4.40 Å². The molecule has 0 N–H and O–H groups in total. The Hall–Kier alpha value is -2.22. The van der Waals surface area contributed by atoms with Crippen LogP contribution in [0.1, 0.15) is 36.6 Å². The number of piperazine rings is 1. The second-order valence-electron chi connectivity index (χ2n) is 8.11. The topological polar surface area (TPSA) is 57.9 Å². The lowest BCUT2D eigenvalue weighted by Crippen LogP contribution is -2.48. The standard InChI is InChI=1S/C22H28N4O2S/c1-17(2)19-5-7-21(8-6-19)29(27,28)26-12-10-24(11-13-26)15-20-16-25-14-18(3)4-9-22(25)23-20/h4-9,14,16-17H,10-13,15H2,1-3H3. The van der Waals surface area contributed by atoms with Crippen LogP contribution in [0.25, 0.3) is 5.65 Å². The Labute approximate surface area is 172 Å². The summed E-state index contributed by atoms with van der Waals surface area (Å²) in [5, 5.41) is 0. The van der Waals surface area contributed by atoms with Crippen molar-refractivity contribution in [2.75, 3.05) is 26.2 Å². The van der Waals surface area contributed by atoms with Crippen LogP contribution in [0, 0.1) is 6.92 Å². The highest BCUT2D eigenvalue weighted by atomic mass is 32.2. The van der Waals surface area contributed by atoms with Crippen molar-refractivity contribution in [2.45, 2.75) is 38.1 Å². The van der Waals surface area contributed by atoms with Gasteiger partial charge in [-0.25, -0.2) is 13.4 Å². The van der Waals surface area contributed by atoms with Crippen LogP contribution in [0.2, 0.25) is 0 Å². The first-order chi connectivity index (χ1) is 13.8. The van der Waals surface area contributed by atoms with Crippen LogP contribution in [-0.4, -0.2) is 53.2 Å². The summed E-state index contributed by atoms with van der Waals surface area (Å²) in [6.07, 6.45) is 4.13. The minimum Gasteiger partial charge on any atom is -0.307 e. The summed E-state index contributed by atoms with van der Waals surface area (Å²) >= 11 is 0. The molecule has 0 radical (unpaired) electrons. The predicted octanol–water partition coefficient (Wildman–Crippen LogP) is 3.27. The van der Waals surface area contributed by atoms with Crippen molar-refractivity contribution in [3.63, 3.8) is 0 Å². The monoisotopic (exact) mass is 412 g/mol. The average molecular weight is 413 g/mol. The minimum atomic E-state index is -3.44. The highest BCUT2D eigenvalue weighted by Crippen LogP contribution is 2.21. The second kappa shape index (κ2) is 7.89. The number of pyridine rings is 1. The van der Waals surface area contributed by atoms with E-state index in [1.165, 1.54) is 5.56 Å². The number of aryl methyl sites for hydroxylation is 1. The molecule has 0 aliphatic carbocycles. The lowest BCUT2D eigenvalue weighted by molar-refractivity contribution is 0.180. The summed E-state index contributed by atoms with van der Waals surface area (Å²) in [5.41, 5.74) is 4.30. The normalized spacial score (nSPS) is 16.7. The highest BCUT2D eigenvalue weighted by molar-refractivity contribution is 7.89. The highest BCUT2D eigenvalue weighted by Gasteiger charge is 2.28. The van der Waals surface area contributed by atoms with Gasteiger partial charge in [0.25, 0.3) is 0 Å². The molecule has 1 aliphatic heterocycles. The molecular weight excluding hydrogens is 384 g/mol. The molecule has 1 saturated heterocycles. The lowest BCUT2D eigenvalue weighted by Gasteiger charge is -2.33. The average Bonchev–Trinajstić information content (AvgIpc) is 3.09. The molecule has 4 rings (SSSR count). The van der Waals surface area contributed by atoms with E-state index in [2.05, 4.69) is 49.1 Å². The van der Waals surface area contributed by atoms with Crippen molar-refractivity contribution in [2.24, 2.45) is 0 Å². The van der Waals surface area contributed by atoms with Crippen LogP contribution in [0.15, 0.2) is 53.7 Å². The Balaban J connectivity index is 1.40. The Kier molecular flexibility index (Phi) is 5.46. The molecule has 6 nitrogen and oxygen atoms in total. The zero-order chi connectivity index (χ0) is 20.6. The summed E-state index contributed by atoms with van der Waals surface area (Å²) < 4.78 is 29.6. The Morgan fingerprint density at radius 2 is 1.66 bits per heavy atom. The van der Waals surface area contributed by atoms with Gasteiger partial charge in [0.15, 0.2) is 0 Å². The molecular formula is C22H28N4O2S. The van der Waals surface area contributed by atoms with Crippen LogP contribution in [-0.2, 0) is 16.6 Å². The van der Waals surface area contributed by atoms with E-state index in [0.29, 0.717) is 37.0 Å². The molecule has 3 aromatic rings. The van der Waals surface area contributed by atoms with Gasteiger partial charge in [0.2, 0.25) is 10.0 Å². The number of imidazole rings is 1. The van der Waals surface area contributed by atoms with Crippen molar-refractivity contribution >= 4 is 15.7 Å². The maximum Gasteiger partial charge on any atom is 0.243 e. The molecule has 0 spiro atoms. The van der Waals surface area contributed by atoms with E-state index < -0.39 is 10.0 Å². The SMILES string of the molecule is Cc1ccc2nc(CN3CCN(S(=O)(=O)c4ccc(C(C)C)cc4)CC3)cn2c1. The lowest BCUT2D eigenvalue weighted by atomic mass is 10.0. The molecule has 1 fully saturated rings. The summed E-state index contributed by atoms with van der Waals surface area (Å²) in [6, 6.07) is 11.4. The van der Waals surface area contributed by atoms with Crippen molar-refractivity contribution in [3.8, 4) is 0 Å². The van der Waals surface area contributed by atoms with E-state index in [0.717, 1.165) is 23.4 Å². The second-order valence-corrected chi connectivity index (χ2v) is 10.0. The van der Waals surface area contributed by atoms with E-state index in [-0.39, 0.29) is 0 Å². The summed E-state index contributed by atoms with van der Waals surface area (Å²) in [7, 11) is -3.44. The molecule has 0 unspecified atom stereocenters. The van der Waals surface area contributed by atoms with Gasteiger partial charge in [-0.15, -0.1) is 0 Å². The number of fused-ring (bicyclic) bond motifs is 1. The third kappa shape index (κ3) is 4.22. The smallest absolute Gasteiger partial charge is 0.243 e. The molecule has 154 valence electrons. The number of hydrogen-bond acceptors (Lipinski definition) is 4. The van der Waals surface area contributed by atoms with Crippen molar-refractivity contribution < 1.29 is 8.42 Å². The molecule has 3 heterocycles. The number of hydrogen-bond donors (Lipinski definition) is 0. The number of benzene rings is 1. The minimum absolute atomic E-state index is 0.381. The fourth-order valence-corrected chi connectivity index (χ4v) is 5.18. The van der Waals surface area contributed by atoms with Crippen molar-refractivity contribution in [3.05, 3.63) is 65.6 Å². The predicted molar refractivity (Wildman–Crippen MR) is 114 cm³/mol. The van der Waals surface area contributed by atoms with Gasteiger partial charge in [-0.3, -0.25) is 4.90 Å². The fraction of sp³-hybridized carbons (Fsp3) is 0.409. The first-order valence-corrected chi connectivity index (χ1v) is 11.5. The first kappa shape index (κ1) is 20.1. The van der Waals surface area contributed by atoms with Gasteiger partial charge in [-0.05, 0) is 42.2 Å². The van der Waals surface area contributed by atoms with Gasteiger partial charge in [0.05, 0.1) is 10.6 Å². The van der Waals surface area contributed by atoms with Crippen LogP contribution in [0.5, 0.6) is 0 Å². The van der Waals surface area contributed by atoms with Gasteiger partial charge in [0, 0.05) is 45.1 Å². The molecule has 1 aliphatic rings. The Morgan fingerprint density at radius 1 is 0.966 bits per heavy atom. The fourth-order valence-electron chi connectivity index (χ4n) is 3.76. The number of aromatic nitrogens is 2. The van der Waals surface area contributed by atoms with E-state index >= 15 is 0 Å². The van der Waals surface area contributed by atoms with Crippen LogP contribution < -0.4 is 0 Å². The van der Waals surface area contributed by atoms with E-state index in [4.69, 9.17) is 0 Å². The quantitative estimate of drug-likeness (QED) is 0.645.